The third-order valence-electron chi connectivity index (χ3n) is 3.12. The van der Waals surface area contributed by atoms with Crippen molar-refractivity contribution in [1.82, 2.24) is 4.98 Å². The van der Waals surface area contributed by atoms with Crippen LogP contribution < -0.4 is 5.73 Å². The predicted octanol–water partition coefficient (Wildman–Crippen LogP) is 2.17. The molecular weight excluding hydrogens is 196 g/mol. The summed E-state index contributed by atoms with van der Waals surface area (Å²) in [6.07, 6.45) is 3.93. The van der Waals surface area contributed by atoms with Crippen molar-refractivity contribution in [2.75, 3.05) is 0 Å². The minimum atomic E-state index is 0.280. The van der Waals surface area contributed by atoms with Crippen LogP contribution in [0.1, 0.15) is 11.1 Å². The number of hydrogen-bond donors (Lipinski definition) is 1. The normalized spacial score (nSPS) is 18.4. The highest BCUT2D eigenvalue weighted by atomic mass is 14.7. The minimum absolute atomic E-state index is 0.280. The first-order valence-corrected chi connectivity index (χ1v) is 5.62. The summed E-state index contributed by atoms with van der Waals surface area (Å²) in [4.78, 5) is 4.50. The third kappa shape index (κ3) is 1.61. The van der Waals surface area contributed by atoms with Crippen LogP contribution in [0, 0.1) is 0 Å². The molecule has 1 aliphatic rings. The van der Waals surface area contributed by atoms with Gasteiger partial charge in [-0.3, -0.25) is 4.98 Å². The molecule has 1 atom stereocenters. The lowest BCUT2D eigenvalue weighted by Gasteiger charge is -2.03. The monoisotopic (exact) mass is 210 g/mol. The SMILES string of the molecule is NC1Cc2cnc(-c3ccccc3)cc2C1. The molecule has 2 heteroatoms. The Morgan fingerprint density at radius 3 is 2.62 bits per heavy atom. The van der Waals surface area contributed by atoms with Crippen molar-refractivity contribution in [3.8, 4) is 11.3 Å². The molecule has 0 aliphatic heterocycles. The van der Waals surface area contributed by atoms with E-state index in [1.807, 2.05) is 24.4 Å². The summed E-state index contributed by atoms with van der Waals surface area (Å²) in [6, 6.07) is 12.7. The Labute approximate surface area is 95.1 Å². The molecule has 1 heterocycles. The van der Waals surface area contributed by atoms with Crippen molar-refractivity contribution in [1.29, 1.82) is 0 Å². The Hall–Kier alpha value is -1.67. The lowest BCUT2D eigenvalue weighted by molar-refractivity contribution is 0.721. The Bertz CT molecular complexity index is 505. The highest BCUT2D eigenvalue weighted by Gasteiger charge is 2.18. The van der Waals surface area contributed by atoms with Crippen molar-refractivity contribution in [2.24, 2.45) is 5.73 Å². The summed E-state index contributed by atoms with van der Waals surface area (Å²) in [5.74, 6) is 0. The molecule has 0 radical (unpaired) electrons. The van der Waals surface area contributed by atoms with Crippen molar-refractivity contribution in [2.45, 2.75) is 18.9 Å². The van der Waals surface area contributed by atoms with Crippen LogP contribution in [-0.2, 0) is 12.8 Å². The second-order valence-electron chi connectivity index (χ2n) is 4.37. The van der Waals surface area contributed by atoms with Gasteiger partial charge >= 0.3 is 0 Å². The summed E-state index contributed by atoms with van der Waals surface area (Å²) in [5.41, 5.74) is 10.8. The number of hydrogen-bond acceptors (Lipinski definition) is 2. The molecule has 0 fully saturated rings. The van der Waals surface area contributed by atoms with Gasteiger partial charge in [0.05, 0.1) is 5.69 Å². The molecule has 1 aliphatic carbocycles. The van der Waals surface area contributed by atoms with Gasteiger partial charge in [-0.05, 0) is 30.0 Å². The maximum absolute atomic E-state index is 5.95. The second-order valence-corrected chi connectivity index (χ2v) is 4.37. The minimum Gasteiger partial charge on any atom is -0.327 e. The van der Waals surface area contributed by atoms with E-state index in [1.165, 1.54) is 16.7 Å². The zero-order valence-electron chi connectivity index (χ0n) is 9.06. The van der Waals surface area contributed by atoms with E-state index in [0.29, 0.717) is 0 Å². The lowest BCUT2D eigenvalue weighted by Crippen LogP contribution is -2.18. The number of aromatic nitrogens is 1. The van der Waals surface area contributed by atoms with Crippen molar-refractivity contribution in [3.63, 3.8) is 0 Å². The molecular formula is C14H14N2. The summed E-state index contributed by atoms with van der Waals surface area (Å²) >= 11 is 0. The number of nitrogens with two attached hydrogens (primary N) is 1. The number of pyridine rings is 1. The van der Waals surface area contributed by atoms with Crippen LogP contribution in [0.15, 0.2) is 42.6 Å². The van der Waals surface area contributed by atoms with E-state index in [1.54, 1.807) is 0 Å². The molecule has 0 bridgehead atoms. The molecule has 1 aromatic heterocycles. The first kappa shape index (κ1) is 9.55. The van der Waals surface area contributed by atoms with E-state index in [-0.39, 0.29) is 6.04 Å². The van der Waals surface area contributed by atoms with E-state index < -0.39 is 0 Å². The summed E-state index contributed by atoms with van der Waals surface area (Å²) in [5, 5.41) is 0. The van der Waals surface area contributed by atoms with Crippen LogP contribution in [-0.4, -0.2) is 11.0 Å². The van der Waals surface area contributed by atoms with Gasteiger partial charge in [-0.25, -0.2) is 0 Å². The molecule has 0 spiro atoms. The smallest absolute Gasteiger partial charge is 0.0704 e. The van der Waals surface area contributed by atoms with Crippen LogP contribution >= 0.6 is 0 Å². The van der Waals surface area contributed by atoms with Crippen molar-refractivity contribution >= 4 is 0 Å². The second kappa shape index (κ2) is 3.72. The molecule has 0 saturated heterocycles. The maximum atomic E-state index is 5.95. The summed E-state index contributed by atoms with van der Waals surface area (Å²) < 4.78 is 0. The number of nitrogens with zero attached hydrogens (tertiary/aromatic N) is 1. The van der Waals surface area contributed by atoms with Crippen LogP contribution in [0.4, 0.5) is 0 Å². The fourth-order valence-electron chi connectivity index (χ4n) is 2.30. The molecule has 3 rings (SSSR count). The van der Waals surface area contributed by atoms with Gasteiger partial charge in [-0.1, -0.05) is 30.3 Å². The zero-order valence-corrected chi connectivity index (χ0v) is 9.06. The summed E-state index contributed by atoms with van der Waals surface area (Å²) in [7, 11) is 0. The highest BCUT2D eigenvalue weighted by molar-refractivity contribution is 5.60. The Kier molecular flexibility index (Phi) is 2.22. The Balaban J connectivity index is 2.03. The van der Waals surface area contributed by atoms with Gasteiger partial charge in [0, 0.05) is 17.8 Å². The van der Waals surface area contributed by atoms with Gasteiger partial charge in [-0.2, -0.15) is 0 Å². The quantitative estimate of drug-likeness (QED) is 0.783. The molecule has 0 amide bonds. The number of benzene rings is 1. The maximum Gasteiger partial charge on any atom is 0.0704 e. The average Bonchev–Trinajstić information content (AvgIpc) is 2.69. The standard InChI is InChI=1S/C14H14N2/c15-13-6-11-8-14(16-9-12(11)7-13)10-4-2-1-3-5-10/h1-5,8-9,13H,6-7,15H2. The van der Waals surface area contributed by atoms with Crippen molar-refractivity contribution in [3.05, 3.63) is 53.7 Å². The van der Waals surface area contributed by atoms with Crippen molar-refractivity contribution < 1.29 is 0 Å². The van der Waals surface area contributed by atoms with Gasteiger partial charge in [-0.15, -0.1) is 0 Å². The van der Waals surface area contributed by atoms with E-state index in [9.17, 15) is 0 Å². The van der Waals surface area contributed by atoms with Gasteiger partial charge in [0.2, 0.25) is 0 Å². The van der Waals surface area contributed by atoms with E-state index in [0.717, 1.165) is 18.5 Å². The Morgan fingerprint density at radius 2 is 1.81 bits per heavy atom. The number of rotatable bonds is 1. The van der Waals surface area contributed by atoms with Gasteiger partial charge < -0.3 is 5.73 Å². The Morgan fingerprint density at radius 1 is 1.06 bits per heavy atom. The molecule has 0 saturated carbocycles. The molecule has 2 aromatic rings. The topological polar surface area (TPSA) is 38.9 Å². The van der Waals surface area contributed by atoms with E-state index in [4.69, 9.17) is 5.73 Å². The first-order valence-electron chi connectivity index (χ1n) is 5.62. The molecule has 16 heavy (non-hydrogen) atoms. The van der Waals surface area contributed by atoms with Gasteiger partial charge in [0.25, 0.3) is 0 Å². The van der Waals surface area contributed by atoms with Gasteiger partial charge in [0.15, 0.2) is 0 Å². The van der Waals surface area contributed by atoms with Crippen LogP contribution in [0.2, 0.25) is 0 Å². The van der Waals surface area contributed by atoms with Gasteiger partial charge in [0.1, 0.15) is 0 Å². The third-order valence-corrected chi connectivity index (χ3v) is 3.12. The van der Waals surface area contributed by atoms with Crippen LogP contribution in [0.25, 0.3) is 11.3 Å². The predicted molar refractivity (Wildman–Crippen MR) is 65.1 cm³/mol. The van der Waals surface area contributed by atoms with Crippen LogP contribution in [0.3, 0.4) is 0 Å². The highest BCUT2D eigenvalue weighted by Crippen LogP contribution is 2.25. The summed E-state index contributed by atoms with van der Waals surface area (Å²) in [6.45, 7) is 0. The zero-order chi connectivity index (χ0) is 11.0. The largest absolute Gasteiger partial charge is 0.327 e. The molecule has 80 valence electrons. The molecule has 2 nitrogen and oxygen atoms in total. The number of fused-ring (bicyclic) bond motifs is 1. The van der Waals surface area contributed by atoms with Crippen LogP contribution in [0.5, 0.6) is 0 Å². The molecule has 1 aromatic carbocycles. The van der Waals surface area contributed by atoms with E-state index in [2.05, 4.69) is 23.2 Å². The fraction of sp³-hybridized carbons (Fsp3) is 0.214. The van der Waals surface area contributed by atoms with E-state index >= 15 is 0 Å². The molecule has 2 N–H and O–H groups in total. The fourth-order valence-corrected chi connectivity index (χ4v) is 2.30. The lowest BCUT2D eigenvalue weighted by atomic mass is 10.1. The average molecular weight is 210 g/mol. The first-order chi connectivity index (χ1) is 7.83. The molecule has 1 unspecified atom stereocenters.